The van der Waals surface area contributed by atoms with E-state index in [-0.39, 0.29) is 5.75 Å². The lowest BCUT2D eigenvalue weighted by molar-refractivity contribution is 0.391. The molecule has 0 unspecified atom stereocenters. The maximum atomic E-state index is 12.1. The molecule has 0 spiro atoms. The van der Waals surface area contributed by atoms with Crippen LogP contribution in [0.1, 0.15) is 11.1 Å². The van der Waals surface area contributed by atoms with E-state index in [0.29, 0.717) is 12.2 Å². The third-order valence-electron chi connectivity index (χ3n) is 3.04. The Balaban J connectivity index is 2.20. The molecule has 2 aromatic rings. The predicted octanol–water partition coefficient (Wildman–Crippen LogP) is 3.80. The van der Waals surface area contributed by atoms with Crippen molar-refractivity contribution in [3.8, 4) is 11.5 Å². The number of hydrogen-bond donors (Lipinski definition) is 0. The second kappa shape index (κ2) is 7.65. The van der Waals surface area contributed by atoms with Crippen LogP contribution in [-0.2, 0) is 16.5 Å². The molecule has 5 heteroatoms. The van der Waals surface area contributed by atoms with Gasteiger partial charge in [-0.1, -0.05) is 42.5 Å². The van der Waals surface area contributed by atoms with Crippen molar-refractivity contribution in [2.24, 2.45) is 0 Å². The van der Waals surface area contributed by atoms with Crippen molar-refractivity contribution < 1.29 is 17.3 Å². The van der Waals surface area contributed by atoms with E-state index in [0.717, 1.165) is 16.5 Å². The lowest BCUT2D eigenvalue weighted by atomic mass is 10.1. The summed E-state index contributed by atoms with van der Waals surface area (Å²) in [6.07, 6.45) is 3.90. The van der Waals surface area contributed by atoms with E-state index in [4.69, 9.17) is 8.92 Å². The van der Waals surface area contributed by atoms with Gasteiger partial charge in [0.1, 0.15) is 0 Å². The normalized spacial score (nSPS) is 11.3. The first-order chi connectivity index (χ1) is 11.0. The van der Waals surface area contributed by atoms with Crippen molar-refractivity contribution in [1.29, 1.82) is 0 Å². The van der Waals surface area contributed by atoms with Gasteiger partial charge in [-0.2, -0.15) is 8.42 Å². The SMILES string of the molecule is C=CCc1ccc(OS(=O)(=O)/C=C/c2ccccc2)c(OC)c1. The van der Waals surface area contributed by atoms with Gasteiger partial charge in [-0.25, -0.2) is 0 Å². The van der Waals surface area contributed by atoms with Crippen LogP contribution in [0.2, 0.25) is 0 Å². The Hall–Kier alpha value is -2.53. The van der Waals surface area contributed by atoms with E-state index >= 15 is 0 Å². The molecule has 0 aromatic heterocycles. The van der Waals surface area contributed by atoms with Crippen LogP contribution >= 0.6 is 0 Å². The zero-order chi connectivity index (χ0) is 16.7. The van der Waals surface area contributed by atoms with Crippen molar-refractivity contribution in [2.75, 3.05) is 7.11 Å². The molecule has 0 aliphatic carbocycles. The molecule has 2 aromatic carbocycles. The maximum Gasteiger partial charge on any atom is 0.332 e. The van der Waals surface area contributed by atoms with Crippen molar-refractivity contribution in [1.82, 2.24) is 0 Å². The van der Waals surface area contributed by atoms with Gasteiger partial charge in [0, 0.05) is 0 Å². The van der Waals surface area contributed by atoms with Crippen LogP contribution in [0, 0.1) is 0 Å². The topological polar surface area (TPSA) is 52.6 Å². The van der Waals surface area contributed by atoms with Crippen LogP contribution in [-0.4, -0.2) is 15.5 Å². The van der Waals surface area contributed by atoms with Gasteiger partial charge in [-0.05, 0) is 35.8 Å². The highest BCUT2D eigenvalue weighted by Gasteiger charge is 2.13. The van der Waals surface area contributed by atoms with Crippen LogP contribution in [0.4, 0.5) is 0 Å². The summed E-state index contributed by atoms with van der Waals surface area (Å²) in [7, 11) is -2.41. The Morgan fingerprint density at radius 1 is 1.09 bits per heavy atom. The number of allylic oxidation sites excluding steroid dienone is 1. The minimum atomic E-state index is -3.87. The molecule has 120 valence electrons. The minimum absolute atomic E-state index is 0.151. The highest BCUT2D eigenvalue weighted by Crippen LogP contribution is 2.29. The van der Waals surface area contributed by atoms with E-state index in [2.05, 4.69) is 6.58 Å². The van der Waals surface area contributed by atoms with Crippen LogP contribution in [0.5, 0.6) is 11.5 Å². The number of benzene rings is 2. The Kier molecular flexibility index (Phi) is 5.60. The fourth-order valence-corrected chi connectivity index (χ4v) is 2.72. The van der Waals surface area contributed by atoms with Gasteiger partial charge in [0.2, 0.25) is 0 Å². The minimum Gasteiger partial charge on any atom is -0.493 e. The van der Waals surface area contributed by atoms with Gasteiger partial charge in [0.25, 0.3) is 0 Å². The zero-order valence-corrected chi connectivity index (χ0v) is 13.6. The summed E-state index contributed by atoms with van der Waals surface area (Å²) in [5, 5.41) is 1.03. The number of ether oxygens (including phenoxy) is 1. The van der Waals surface area contributed by atoms with E-state index in [1.54, 1.807) is 36.4 Å². The molecule has 0 heterocycles. The molecule has 0 radical (unpaired) electrons. The molecule has 0 bridgehead atoms. The fraction of sp³-hybridized carbons (Fsp3) is 0.111. The molecule has 0 aliphatic heterocycles. The van der Waals surface area contributed by atoms with Crippen LogP contribution in [0.15, 0.2) is 66.6 Å². The van der Waals surface area contributed by atoms with Crippen molar-refractivity contribution in [3.05, 3.63) is 77.7 Å². The molecule has 4 nitrogen and oxygen atoms in total. The van der Waals surface area contributed by atoms with Gasteiger partial charge < -0.3 is 8.92 Å². The Labute approximate surface area is 136 Å². The molecule has 0 amide bonds. The zero-order valence-electron chi connectivity index (χ0n) is 12.8. The quantitative estimate of drug-likeness (QED) is 0.572. The average Bonchev–Trinajstić information content (AvgIpc) is 2.55. The number of methoxy groups -OCH3 is 1. The lowest BCUT2D eigenvalue weighted by Gasteiger charge is -2.10. The summed E-state index contributed by atoms with van der Waals surface area (Å²) in [6.45, 7) is 3.67. The lowest BCUT2D eigenvalue weighted by Crippen LogP contribution is -2.06. The van der Waals surface area contributed by atoms with Gasteiger partial charge in [-0.3, -0.25) is 0 Å². The molecule has 0 atom stereocenters. The van der Waals surface area contributed by atoms with Gasteiger partial charge in [-0.15, -0.1) is 6.58 Å². The predicted molar refractivity (Wildman–Crippen MR) is 91.9 cm³/mol. The summed E-state index contributed by atoms with van der Waals surface area (Å²) in [6, 6.07) is 14.2. The first kappa shape index (κ1) is 16.8. The maximum absolute atomic E-state index is 12.1. The molecular weight excluding hydrogens is 312 g/mol. The number of hydrogen-bond acceptors (Lipinski definition) is 4. The molecular formula is C18H18O4S. The molecule has 0 aliphatic rings. The molecule has 0 N–H and O–H groups in total. The van der Waals surface area contributed by atoms with Crippen LogP contribution in [0.25, 0.3) is 6.08 Å². The van der Waals surface area contributed by atoms with Crippen molar-refractivity contribution >= 4 is 16.2 Å². The third-order valence-corrected chi connectivity index (χ3v) is 3.92. The summed E-state index contributed by atoms with van der Waals surface area (Å²) in [5.74, 6) is 0.513. The highest BCUT2D eigenvalue weighted by molar-refractivity contribution is 7.90. The van der Waals surface area contributed by atoms with E-state index < -0.39 is 10.1 Å². The molecule has 0 saturated carbocycles. The highest BCUT2D eigenvalue weighted by atomic mass is 32.2. The Bertz CT molecular complexity index is 793. The fourth-order valence-electron chi connectivity index (χ4n) is 1.95. The summed E-state index contributed by atoms with van der Waals surface area (Å²) >= 11 is 0. The van der Waals surface area contributed by atoms with Crippen molar-refractivity contribution in [2.45, 2.75) is 6.42 Å². The van der Waals surface area contributed by atoms with Gasteiger partial charge in [0.05, 0.1) is 12.5 Å². The molecule has 23 heavy (non-hydrogen) atoms. The Morgan fingerprint density at radius 3 is 2.48 bits per heavy atom. The van der Waals surface area contributed by atoms with Crippen molar-refractivity contribution in [3.63, 3.8) is 0 Å². The third kappa shape index (κ3) is 5.00. The first-order valence-corrected chi connectivity index (χ1v) is 8.46. The smallest absolute Gasteiger partial charge is 0.332 e. The monoisotopic (exact) mass is 330 g/mol. The summed E-state index contributed by atoms with van der Waals surface area (Å²) < 4.78 is 34.4. The second-order valence-electron chi connectivity index (χ2n) is 4.77. The number of rotatable bonds is 7. The van der Waals surface area contributed by atoms with E-state index in [9.17, 15) is 8.42 Å². The molecule has 0 fully saturated rings. The average molecular weight is 330 g/mol. The van der Waals surface area contributed by atoms with E-state index in [1.807, 2.05) is 18.2 Å². The standard InChI is InChI=1S/C18H18O4S/c1-3-7-16-10-11-17(18(14-16)21-2)22-23(19,20)13-12-15-8-5-4-6-9-15/h3-6,8-14H,1,7H2,2H3/b13-12+. The second-order valence-corrected chi connectivity index (χ2v) is 6.19. The van der Waals surface area contributed by atoms with E-state index in [1.165, 1.54) is 13.2 Å². The first-order valence-electron chi connectivity index (χ1n) is 6.99. The van der Waals surface area contributed by atoms with Gasteiger partial charge in [0.15, 0.2) is 11.5 Å². The largest absolute Gasteiger partial charge is 0.493 e. The molecule has 2 rings (SSSR count). The molecule has 0 saturated heterocycles. The van der Waals surface area contributed by atoms with Crippen LogP contribution in [0.3, 0.4) is 0 Å². The van der Waals surface area contributed by atoms with Gasteiger partial charge >= 0.3 is 10.1 Å². The summed E-state index contributed by atoms with van der Waals surface area (Å²) in [4.78, 5) is 0. The Morgan fingerprint density at radius 2 is 1.83 bits per heavy atom. The van der Waals surface area contributed by atoms with Crippen LogP contribution < -0.4 is 8.92 Å². The summed E-state index contributed by atoms with van der Waals surface area (Å²) in [5.41, 5.74) is 1.73.